The van der Waals surface area contributed by atoms with Crippen LogP contribution in [0.15, 0.2) is 65.7 Å². The molecular formula is C24H28F3NO3. The van der Waals surface area contributed by atoms with Crippen LogP contribution in [0, 0.1) is 17.8 Å². The minimum Gasteiger partial charge on any atom is -0.444 e. The molecule has 7 heteroatoms. The predicted molar refractivity (Wildman–Crippen MR) is 113 cm³/mol. The molecule has 5 atom stereocenters. The van der Waals surface area contributed by atoms with Crippen molar-refractivity contribution in [3.8, 4) is 0 Å². The summed E-state index contributed by atoms with van der Waals surface area (Å²) in [7, 11) is 0. The summed E-state index contributed by atoms with van der Waals surface area (Å²) in [5, 5.41) is 0. The first-order valence-corrected chi connectivity index (χ1v) is 10.4. The van der Waals surface area contributed by atoms with Gasteiger partial charge in [0.2, 0.25) is 6.29 Å². The minimum absolute atomic E-state index is 0.0790. The maximum absolute atomic E-state index is 13.6. The highest BCUT2D eigenvalue weighted by Crippen LogP contribution is 2.37. The van der Waals surface area contributed by atoms with Crippen molar-refractivity contribution < 1.29 is 27.4 Å². The number of hydrogen-bond donors (Lipinski definition) is 0. The fraction of sp³-hybridized carbons (Fsp3) is 0.458. The van der Waals surface area contributed by atoms with Gasteiger partial charge in [0.05, 0.1) is 25.0 Å². The summed E-state index contributed by atoms with van der Waals surface area (Å²) in [6.45, 7) is 6.54. The Morgan fingerprint density at radius 1 is 0.903 bits per heavy atom. The third kappa shape index (κ3) is 6.31. The minimum atomic E-state index is -4.73. The fourth-order valence-electron chi connectivity index (χ4n) is 3.57. The fourth-order valence-corrected chi connectivity index (χ4v) is 3.57. The van der Waals surface area contributed by atoms with Crippen LogP contribution in [0.25, 0.3) is 0 Å². The van der Waals surface area contributed by atoms with Crippen molar-refractivity contribution in [2.45, 2.75) is 45.9 Å². The van der Waals surface area contributed by atoms with Gasteiger partial charge in [-0.2, -0.15) is 13.2 Å². The molecule has 0 aromatic heterocycles. The van der Waals surface area contributed by atoms with Crippen molar-refractivity contribution in [1.82, 2.24) is 0 Å². The summed E-state index contributed by atoms with van der Waals surface area (Å²) >= 11 is 0. The van der Waals surface area contributed by atoms with Crippen molar-refractivity contribution in [2.75, 3.05) is 6.61 Å². The Balaban J connectivity index is 1.70. The average Bonchev–Trinajstić information content (AvgIpc) is 2.75. The molecule has 1 aliphatic rings. The van der Waals surface area contributed by atoms with Crippen LogP contribution in [-0.2, 0) is 20.8 Å². The summed E-state index contributed by atoms with van der Waals surface area (Å²) in [4.78, 5) is 3.69. The Hall–Kier alpha value is -2.38. The molecule has 0 radical (unpaired) electrons. The predicted octanol–water partition coefficient (Wildman–Crippen LogP) is 6.15. The lowest BCUT2D eigenvalue weighted by Crippen LogP contribution is -2.49. The van der Waals surface area contributed by atoms with E-state index in [0.29, 0.717) is 6.61 Å². The Labute approximate surface area is 181 Å². The van der Waals surface area contributed by atoms with E-state index in [0.717, 1.165) is 5.56 Å². The van der Waals surface area contributed by atoms with Gasteiger partial charge in [-0.25, -0.2) is 4.99 Å². The molecule has 0 spiro atoms. The summed E-state index contributed by atoms with van der Waals surface area (Å²) < 4.78 is 57.9. The summed E-state index contributed by atoms with van der Waals surface area (Å²) in [5.41, 5.74) is 1.19. The van der Waals surface area contributed by atoms with Crippen LogP contribution in [0.1, 0.15) is 26.3 Å². The van der Waals surface area contributed by atoms with E-state index in [1.807, 2.05) is 51.1 Å². The first-order chi connectivity index (χ1) is 14.8. The van der Waals surface area contributed by atoms with Crippen LogP contribution in [0.2, 0.25) is 0 Å². The van der Waals surface area contributed by atoms with E-state index in [2.05, 4.69) is 4.99 Å². The molecule has 1 saturated heterocycles. The lowest BCUT2D eigenvalue weighted by Gasteiger charge is -2.43. The van der Waals surface area contributed by atoms with E-state index in [1.54, 1.807) is 18.2 Å². The van der Waals surface area contributed by atoms with Gasteiger partial charge < -0.3 is 14.2 Å². The van der Waals surface area contributed by atoms with Crippen LogP contribution in [0.5, 0.6) is 0 Å². The lowest BCUT2D eigenvalue weighted by atomic mass is 9.79. The largest absolute Gasteiger partial charge is 0.468 e. The number of hydrogen-bond acceptors (Lipinski definition) is 4. The summed E-state index contributed by atoms with van der Waals surface area (Å²) in [6, 6.07) is 17.6. The molecule has 3 rings (SSSR count). The van der Waals surface area contributed by atoms with Crippen molar-refractivity contribution in [3.63, 3.8) is 0 Å². The zero-order chi connectivity index (χ0) is 22.4. The molecule has 168 valence electrons. The van der Waals surface area contributed by atoms with Gasteiger partial charge in [0.1, 0.15) is 0 Å². The molecule has 2 aromatic rings. The zero-order valence-corrected chi connectivity index (χ0v) is 17.9. The topological polar surface area (TPSA) is 40.0 Å². The smallest absolute Gasteiger partial charge is 0.444 e. The number of aliphatic imine (C=N–C) groups is 1. The summed E-state index contributed by atoms with van der Waals surface area (Å²) in [6.07, 6.45) is -6.18. The molecule has 0 bridgehead atoms. The third-order valence-electron chi connectivity index (χ3n) is 5.83. The van der Waals surface area contributed by atoms with E-state index in [1.165, 1.54) is 12.1 Å². The summed E-state index contributed by atoms with van der Waals surface area (Å²) in [5.74, 6) is -1.37. The van der Waals surface area contributed by atoms with Crippen LogP contribution in [-0.4, -0.2) is 31.1 Å². The number of alkyl halides is 3. The first-order valence-electron chi connectivity index (χ1n) is 10.4. The second-order valence-electron chi connectivity index (χ2n) is 7.99. The van der Waals surface area contributed by atoms with Gasteiger partial charge in [-0.05, 0) is 29.5 Å². The number of nitrogens with zero attached hydrogens (tertiary/aromatic N) is 1. The van der Waals surface area contributed by atoms with Crippen molar-refractivity contribution in [1.29, 1.82) is 0 Å². The van der Waals surface area contributed by atoms with Crippen molar-refractivity contribution >= 4 is 11.6 Å². The monoisotopic (exact) mass is 435 g/mol. The van der Waals surface area contributed by atoms with Crippen molar-refractivity contribution in [2.24, 2.45) is 22.7 Å². The van der Waals surface area contributed by atoms with Gasteiger partial charge >= 0.3 is 6.18 Å². The normalized spacial score (nSPS) is 27.2. The molecule has 0 saturated carbocycles. The Kier molecular flexibility index (Phi) is 7.73. The van der Waals surface area contributed by atoms with E-state index >= 15 is 0 Å². The standard InChI is InChI=1S/C24H28F3NO3/c1-16-17(2)21(15-29-14-19-10-6-4-7-11-19)30-22(18(16)3)31-23(24(25,26)27)28-20-12-8-5-9-13-20/h4-13,16-18,21-22H,14-15H2,1-3H3/b28-23+/t16-,17-,18?,21?,22?/m0/s1. The van der Waals surface area contributed by atoms with Crippen LogP contribution in [0.4, 0.5) is 18.9 Å². The molecule has 1 heterocycles. The van der Waals surface area contributed by atoms with Gasteiger partial charge in [0.15, 0.2) is 0 Å². The van der Waals surface area contributed by atoms with Gasteiger partial charge in [-0.1, -0.05) is 69.3 Å². The lowest BCUT2D eigenvalue weighted by molar-refractivity contribution is -0.237. The maximum Gasteiger partial charge on any atom is 0.468 e. The Morgan fingerprint density at radius 2 is 1.52 bits per heavy atom. The molecule has 0 amide bonds. The molecule has 1 aliphatic heterocycles. The molecule has 1 fully saturated rings. The first kappa shape index (κ1) is 23.3. The zero-order valence-electron chi connectivity index (χ0n) is 17.9. The Morgan fingerprint density at radius 3 is 2.13 bits per heavy atom. The molecule has 4 nitrogen and oxygen atoms in total. The van der Waals surface area contributed by atoms with E-state index in [4.69, 9.17) is 14.2 Å². The number of benzene rings is 2. The highest BCUT2D eigenvalue weighted by molar-refractivity contribution is 5.84. The highest BCUT2D eigenvalue weighted by Gasteiger charge is 2.45. The average molecular weight is 435 g/mol. The molecule has 0 aliphatic carbocycles. The molecule has 3 unspecified atom stereocenters. The second-order valence-corrected chi connectivity index (χ2v) is 7.99. The SMILES string of the molecule is CC1C(O/C(=N/c2ccccc2)C(F)(F)F)OC(COCc2ccccc2)[C@@H](C)[C@@H]1C. The molecule has 31 heavy (non-hydrogen) atoms. The van der Waals surface area contributed by atoms with E-state index < -0.39 is 18.4 Å². The number of ether oxygens (including phenoxy) is 3. The molecule has 2 aromatic carbocycles. The number of halogens is 3. The van der Waals surface area contributed by atoms with Gasteiger partial charge in [0.25, 0.3) is 5.90 Å². The van der Waals surface area contributed by atoms with Gasteiger partial charge in [0, 0.05) is 5.92 Å². The van der Waals surface area contributed by atoms with Crippen LogP contribution < -0.4 is 0 Å². The van der Waals surface area contributed by atoms with Crippen LogP contribution in [0.3, 0.4) is 0 Å². The number of rotatable bonds is 6. The van der Waals surface area contributed by atoms with Crippen LogP contribution >= 0.6 is 0 Å². The number of para-hydroxylation sites is 1. The molecular weight excluding hydrogens is 407 g/mol. The van der Waals surface area contributed by atoms with E-state index in [9.17, 15) is 13.2 Å². The van der Waals surface area contributed by atoms with Gasteiger partial charge in [-0.3, -0.25) is 0 Å². The highest BCUT2D eigenvalue weighted by atomic mass is 19.4. The third-order valence-corrected chi connectivity index (χ3v) is 5.83. The molecule has 0 N–H and O–H groups in total. The van der Waals surface area contributed by atoms with Crippen molar-refractivity contribution in [3.05, 3.63) is 66.2 Å². The maximum atomic E-state index is 13.6. The van der Waals surface area contributed by atoms with Gasteiger partial charge in [-0.15, -0.1) is 0 Å². The quantitative estimate of drug-likeness (QED) is 0.404. The van der Waals surface area contributed by atoms with E-state index in [-0.39, 0.29) is 36.2 Å². The second kappa shape index (κ2) is 10.3. The Bertz CT molecular complexity index is 842.